The zero-order valence-corrected chi connectivity index (χ0v) is 12.9. The summed E-state index contributed by atoms with van der Waals surface area (Å²) in [4.78, 5) is 34.8. The van der Waals surface area contributed by atoms with Crippen molar-refractivity contribution in [2.75, 3.05) is 6.54 Å². The topological polar surface area (TPSA) is 95.5 Å². The SMILES string of the molecule is CCC(C)NC(=O)CCNC(=O)[C@@H]1CCCC[C@@H]1C(=O)O. The van der Waals surface area contributed by atoms with E-state index in [-0.39, 0.29) is 30.8 Å². The fourth-order valence-corrected chi connectivity index (χ4v) is 2.62. The highest BCUT2D eigenvalue weighted by atomic mass is 16.4. The van der Waals surface area contributed by atoms with Crippen molar-refractivity contribution in [1.29, 1.82) is 0 Å². The van der Waals surface area contributed by atoms with Crippen LogP contribution in [0.3, 0.4) is 0 Å². The molecular formula is C15H26N2O4. The van der Waals surface area contributed by atoms with E-state index in [0.29, 0.717) is 12.8 Å². The Bertz CT molecular complexity index is 384. The van der Waals surface area contributed by atoms with Crippen LogP contribution in [-0.2, 0) is 14.4 Å². The Morgan fingerprint density at radius 2 is 1.81 bits per heavy atom. The summed E-state index contributed by atoms with van der Waals surface area (Å²) in [7, 11) is 0. The molecule has 6 heteroatoms. The summed E-state index contributed by atoms with van der Waals surface area (Å²) in [5.41, 5.74) is 0. The van der Waals surface area contributed by atoms with Crippen molar-refractivity contribution in [3.05, 3.63) is 0 Å². The first-order chi connectivity index (χ1) is 9.95. The number of amides is 2. The van der Waals surface area contributed by atoms with Crippen molar-refractivity contribution in [2.24, 2.45) is 11.8 Å². The van der Waals surface area contributed by atoms with Crippen LogP contribution in [0.25, 0.3) is 0 Å². The monoisotopic (exact) mass is 298 g/mol. The Hall–Kier alpha value is -1.59. The van der Waals surface area contributed by atoms with Crippen LogP contribution in [0.5, 0.6) is 0 Å². The highest BCUT2D eigenvalue weighted by molar-refractivity contribution is 5.85. The van der Waals surface area contributed by atoms with Crippen LogP contribution in [0.4, 0.5) is 0 Å². The first-order valence-corrected chi connectivity index (χ1v) is 7.75. The number of carbonyl (C=O) groups excluding carboxylic acids is 2. The van der Waals surface area contributed by atoms with Crippen LogP contribution in [0.2, 0.25) is 0 Å². The van der Waals surface area contributed by atoms with Gasteiger partial charge in [0.25, 0.3) is 0 Å². The molecule has 1 aliphatic rings. The van der Waals surface area contributed by atoms with Crippen LogP contribution in [-0.4, -0.2) is 35.5 Å². The lowest BCUT2D eigenvalue weighted by Crippen LogP contribution is -2.41. The van der Waals surface area contributed by atoms with E-state index < -0.39 is 17.8 Å². The second kappa shape index (κ2) is 8.64. The number of aliphatic carboxylic acids is 1. The molecule has 2 amide bonds. The minimum absolute atomic E-state index is 0.0944. The van der Waals surface area contributed by atoms with E-state index in [2.05, 4.69) is 10.6 Å². The molecule has 0 aromatic heterocycles. The molecule has 0 radical (unpaired) electrons. The summed E-state index contributed by atoms with van der Waals surface area (Å²) in [5.74, 6) is -2.28. The molecule has 0 aromatic rings. The van der Waals surface area contributed by atoms with Gasteiger partial charge in [-0.05, 0) is 26.2 Å². The van der Waals surface area contributed by atoms with E-state index in [1.165, 1.54) is 0 Å². The fraction of sp³-hybridized carbons (Fsp3) is 0.800. The van der Waals surface area contributed by atoms with Crippen LogP contribution in [0.15, 0.2) is 0 Å². The van der Waals surface area contributed by atoms with Gasteiger partial charge in [0.2, 0.25) is 11.8 Å². The standard InChI is InChI=1S/C15H26N2O4/c1-3-10(2)17-13(18)8-9-16-14(19)11-6-4-5-7-12(11)15(20)21/h10-12H,3-9H2,1-2H3,(H,16,19)(H,17,18)(H,20,21)/t10?,11-,12+/m1/s1. The van der Waals surface area contributed by atoms with Crippen LogP contribution >= 0.6 is 0 Å². The van der Waals surface area contributed by atoms with E-state index >= 15 is 0 Å². The Labute approximate surface area is 125 Å². The molecule has 0 aromatic carbocycles. The van der Waals surface area contributed by atoms with Gasteiger partial charge >= 0.3 is 5.97 Å². The fourth-order valence-electron chi connectivity index (χ4n) is 2.62. The second-order valence-corrected chi connectivity index (χ2v) is 5.75. The lowest BCUT2D eigenvalue weighted by molar-refractivity contribution is -0.149. The highest BCUT2D eigenvalue weighted by Gasteiger charge is 2.35. The average Bonchev–Trinajstić information content (AvgIpc) is 2.46. The van der Waals surface area contributed by atoms with Gasteiger partial charge in [0.15, 0.2) is 0 Å². The molecule has 0 spiro atoms. The quantitative estimate of drug-likeness (QED) is 0.660. The lowest BCUT2D eigenvalue weighted by atomic mass is 9.78. The molecule has 1 rings (SSSR count). The number of hydrogen-bond donors (Lipinski definition) is 3. The van der Waals surface area contributed by atoms with Crippen LogP contribution in [0.1, 0.15) is 52.4 Å². The largest absolute Gasteiger partial charge is 0.481 e. The van der Waals surface area contributed by atoms with Gasteiger partial charge in [-0.2, -0.15) is 0 Å². The van der Waals surface area contributed by atoms with Crippen molar-refractivity contribution in [3.8, 4) is 0 Å². The molecule has 120 valence electrons. The van der Waals surface area contributed by atoms with Crippen molar-refractivity contribution >= 4 is 17.8 Å². The van der Waals surface area contributed by atoms with E-state index in [9.17, 15) is 14.4 Å². The maximum atomic E-state index is 12.1. The highest BCUT2D eigenvalue weighted by Crippen LogP contribution is 2.30. The molecule has 6 nitrogen and oxygen atoms in total. The molecule has 1 unspecified atom stereocenters. The number of carboxylic acid groups (broad SMARTS) is 1. The molecule has 0 heterocycles. The van der Waals surface area contributed by atoms with E-state index in [0.717, 1.165) is 19.3 Å². The first kappa shape index (κ1) is 17.5. The minimum atomic E-state index is -0.899. The van der Waals surface area contributed by atoms with Gasteiger partial charge in [0.1, 0.15) is 0 Å². The number of carbonyl (C=O) groups is 3. The van der Waals surface area contributed by atoms with Gasteiger partial charge < -0.3 is 15.7 Å². The summed E-state index contributed by atoms with van der Waals surface area (Å²) >= 11 is 0. The first-order valence-electron chi connectivity index (χ1n) is 7.75. The Morgan fingerprint density at radius 3 is 2.38 bits per heavy atom. The van der Waals surface area contributed by atoms with Crippen molar-refractivity contribution in [2.45, 2.75) is 58.4 Å². The summed E-state index contributed by atoms with van der Waals surface area (Å²) in [6, 6.07) is 0.128. The third kappa shape index (κ3) is 5.73. The number of rotatable bonds is 7. The normalized spacial score (nSPS) is 23.1. The molecular weight excluding hydrogens is 272 g/mol. The predicted octanol–water partition coefficient (Wildman–Crippen LogP) is 1.30. The summed E-state index contributed by atoms with van der Waals surface area (Å²) in [5, 5.41) is 14.7. The Balaban J connectivity index is 2.35. The maximum Gasteiger partial charge on any atom is 0.307 e. The summed E-state index contributed by atoms with van der Waals surface area (Å²) in [6.45, 7) is 4.17. The molecule has 1 aliphatic carbocycles. The molecule has 0 saturated heterocycles. The predicted molar refractivity (Wildman–Crippen MR) is 78.6 cm³/mol. The van der Waals surface area contributed by atoms with Crippen molar-refractivity contribution in [3.63, 3.8) is 0 Å². The summed E-state index contributed by atoms with van der Waals surface area (Å²) < 4.78 is 0. The maximum absolute atomic E-state index is 12.1. The second-order valence-electron chi connectivity index (χ2n) is 5.75. The Kier molecular flexibility index (Phi) is 7.19. The van der Waals surface area contributed by atoms with E-state index in [1.54, 1.807) is 0 Å². The van der Waals surface area contributed by atoms with Gasteiger partial charge in [-0.1, -0.05) is 19.8 Å². The van der Waals surface area contributed by atoms with Crippen LogP contribution in [0, 0.1) is 11.8 Å². The smallest absolute Gasteiger partial charge is 0.307 e. The number of hydrogen-bond acceptors (Lipinski definition) is 3. The number of nitrogens with one attached hydrogen (secondary N) is 2. The molecule has 21 heavy (non-hydrogen) atoms. The number of carboxylic acids is 1. The van der Waals surface area contributed by atoms with Crippen molar-refractivity contribution < 1.29 is 19.5 Å². The van der Waals surface area contributed by atoms with Gasteiger partial charge in [0, 0.05) is 19.0 Å². The molecule has 1 saturated carbocycles. The molecule has 3 N–H and O–H groups in total. The third-order valence-electron chi connectivity index (χ3n) is 4.09. The van der Waals surface area contributed by atoms with Gasteiger partial charge in [0.05, 0.1) is 11.8 Å². The van der Waals surface area contributed by atoms with E-state index in [1.807, 2.05) is 13.8 Å². The van der Waals surface area contributed by atoms with Crippen molar-refractivity contribution in [1.82, 2.24) is 10.6 Å². The van der Waals surface area contributed by atoms with Gasteiger partial charge in [-0.25, -0.2) is 0 Å². The zero-order chi connectivity index (χ0) is 15.8. The molecule has 1 fully saturated rings. The summed E-state index contributed by atoms with van der Waals surface area (Å²) in [6.07, 6.45) is 4.00. The molecule has 0 bridgehead atoms. The van der Waals surface area contributed by atoms with Gasteiger partial charge in [-0.3, -0.25) is 14.4 Å². The van der Waals surface area contributed by atoms with Crippen LogP contribution < -0.4 is 10.6 Å². The zero-order valence-electron chi connectivity index (χ0n) is 12.9. The lowest BCUT2D eigenvalue weighted by Gasteiger charge is -2.27. The van der Waals surface area contributed by atoms with Gasteiger partial charge in [-0.15, -0.1) is 0 Å². The molecule has 3 atom stereocenters. The third-order valence-corrected chi connectivity index (χ3v) is 4.09. The molecule has 0 aliphatic heterocycles. The average molecular weight is 298 g/mol. The minimum Gasteiger partial charge on any atom is -0.481 e. The Morgan fingerprint density at radius 1 is 1.19 bits per heavy atom. The van der Waals surface area contributed by atoms with E-state index in [4.69, 9.17) is 5.11 Å².